The second-order valence-corrected chi connectivity index (χ2v) is 10.3. The molecule has 0 rings (SSSR count). The summed E-state index contributed by atoms with van der Waals surface area (Å²) in [5.74, 6) is -0.782. The minimum Gasteiger partial charge on any atom is -0.481 e. The summed E-state index contributed by atoms with van der Waals surface area (Å²) < 4.78 is 5.82. The minimum atomic E-state index is -0.731. The zero-order valence-electron chi connectivity index (χ0n) is 24.3. The molecule has 1 N–H and O–H groups in total. The van der Waals surface area contributed by atoms with Crippen LogP contribution in [0.1, 0.15) is 155 Å². The van der Waals surface area contributed by atoms with Gasteiger partial charge in [0.1, 0.15) is 6.10 Å². The molecule has 0 bridgehead atoms. The summed E-state index contributed by atoms with van der Waals surface area (Å²) in [4.78, 5) is 23.0. The average molecular weight is 519 g/mol. The van der Waals surface area contributed by atoms with Crippen LogP contribution in [0.4, 0.5) is 0 Å². The van der Waals surface area contributed by atoms with Gasteiger partial charge in [-0.3, -0.25) is 9.59 Å². The number of unbranched alkanes of at least 4 members (excludes halogenated alkanes) is 12. The van der Waals surface area contributed by atoms with Gasteiger partial charge in [0.05, 0.1) is 0 Å². The first-order valence-corrected chi connectivity index (χ1v) is 15.5. The zero-order chi connectivity index (χ0) is 27.2. The third kappa shape index (κ3) is 28.6. The van der Waals surface area contributed by atoms with E-state index in [0.717, 1.165) is 64.2 Å². The number of esters is 1. The standard InChI is InChI=1S/C33H58O4/c1-3-5-7-9-10-11-12-13-14-15-16-17-18-19-20-21-26-30-33(36)37-31(27-23-8-6-4-2)28-24-22-25-29-32(34)35/h5,7,10-11,13-14,31H,3-4,6,8-9,12,15-30H2,1-2H3,(H,34,35)/b7-5-,11-10-,14-13-. The number of hydrogen-bond acceptors (Lipinski definition) is 3. The highest BCUT2D eigenvalue weighted by Gasteiger charge is 2.14. The van der Waals surface area contributed by atoms with E-state index in [1.807, 2.05) is 0 Å². The van der Waals surface area contributed by atoms with E-state index in [9.17, 15) is 9.59 Å². The van der Waals surface area contributed by atoms with Gasteiger partial charge in [-0.2, -0.15) is 0 Å². The van der Waals surface area contributed by atoms with Gasteiger partial charge in [0.15, 0.2) is 0 Å². The van der Waals surface area contributed by atoms with Gasteiger partial charge < -0.3 is 9.84 Å². The van der Waals surface area contributed by atoms with Crippen LogP contribution in [0.25, 0.3) is 0 Å². The summed E-state index contributed by atoms with van der Waals surface area (Å²) >= 11 is 0. The van der Waals surface area contributed by atoms with Crippen molar-refractivity contribution in [2.75, 3.05) is 0 Å². The number of aliphatic carboxylic acids is 1. The van der Waals surface area contributed by atoms with E-state index in [-0.39, 0.29) is 18.5 Å². The minimum absolute atomic E-state index is 0.00204. The van der Waals surface area contributed by atoms with Gasteiger partial charge in [-0.1, -0.05) is 108 Å². The second kappa shape index (κ2) is 28.7. The number of carboxylic acid groups (broad SMARTS) is 1. The van der Waals surface area contributed by atoms with E-state index >= 15 is 0 Å². The van der Waals surface area contributed by atoms with E-state index in [1.165, 1.54) is 57.8 Å². The molecule has 0 saturated heterocycles. The second-order valence-electron chi connectivity index (χ2n) is 10.3. The largest absolute Gasteiger partial charge is 0.481 e. The van der Waals surface area contributed by atoms with E-state index in [0.29, 0.717) is 12.8 Å². The number of carbonyl (C=O) groups excluding carboxylic acids is 1. The van der Waals surface area contributed by atoms with Crippen molar-refractivity contribution < 1.29 is 19.4 Å². The van der Waals surface area contributed by atoms with Crippen LogP contribution < -0.4 is 0 Å². The third-order valence-electron chi connectivity index (χ3n) is 6.63. The summed E-state index contributed by atoms with van der Waals surface area (Å²) in [6.45, 7) is 4.36. The van der Waals surface area contributed by atoms with Gasteiger partial charge in [0.25, 0.3) is 0 Å². The van der Waals surface area contributed by atoms with Crippen molar-refractivity contribution in [3.05, 3.63) is 36.5 Å². The summed E-state index contributed by atoms with van der Waals surface area (Å²) in [5, 5.41) is 8.77. The average Bonchev–Trinajstić information content (AvgIpc) is 2.87. The van der Waals surface area contributed by atoms with Gasteiger partial charge in [-0.15, -0.1) is 0 Å². The Morgan fingerprint density at radius 1 is 0.622 bits per heavy atom. The van der Waals surface area contributed by atoms with Crippen LogP contribution in [0.15, 0.2) is 36.5 Å². The van der Waals surface area contributed by atoms with Gasteiger partial charge in [-0.05, 0) is 70.6 Å². The molecule has 0 aromatic heterocycles. The van der Waals surface area contributed by atoms with Crippen molar-refractivity contribution in [2.45, 2.75) is 161 Å². The highest BCUT2D eigenvalue weighted by atomic mass is 16.5. The number of carboxylic acids is 1. The SMILES string of the molecule is CC/C=C\C/C=C\C/C=C\CCCCCCCCCC(=O)OC(CCCCCC)CCCCCC(=O)O. The van der Waals surface area contributed by atoms with Crippen LogP contribution in [-0.2, 0) is 14.3 Å². The molecule has 0 saturated carbocycles. The van der Waals surface area contributed by atoms with Crippen LogP contribution in [0.2, 0.25) is 0 Å². The molecule has 0 fully saturated rings. The van der Waals surface area contributed by atoms with Crippen molar-refractivity contribution >= 4 is 11.9 Å². The predicted molar refractivity (Wildman–Crippen MR) is 158 cm³/mol. The fourth-order valence-electron chi connectivity index (χ4n) is 4.37. The van der Waals surface area contributed by atoms with Crippen molar-refractivity contribution in [2.24, 2.45) is 0 Å². The van der Waals surface area contributed by atoms with Crippen LogP contribution in [0, 0.1) is 0 Å². The molecule has 0 aliphatic rings. The first-order valence-electron chi connectivity index (χ1n) is 15.5. The summed E-state index contributed by atoms with van der Waals surface area (Å²) in [7, 11) is 0. The van der Waals surface area contributed by atoms with Crippen molar-refractivity contribution in [3.8, 4) is 0 Å². The molecule has 0 heterocycles. The molecule has 0 aromatic carbocycles. The molecular weight excluding hydrogens is 460 g/mol. The molecule has 0 aliphatic heterocycles. The predicted octanol–water partition coefficient (Wildman–Crippen LogP) is 10.3. The first-order chi connectivity index (χ1) is 18.1. The van der Waals surface area contributed by atoms with Crippen molar-refractivity contribution in [1.29, 1.82) is 0 Å². The lowest BCUT2D eigenvalue weighted by Gasteiger charge is -2.18. The molecule has 4 heteroatoms. The molecule has 0 radical (unpaired) electrons. The maximum Gasteiger partial charge on any atom is 0.306 e. The van der Waals surface area contributed by atoms with Crippen LogP contribution in [0.3, 0.4) is 0 Å². The van der Waals surface area contributed by atoms with Crippen molar-refractivity contribution in [3.63, 3.8) is 0 Å². The maximum atomic E-state index is 12.4. The first kappa shape index (κ1) is 35.2. The number of rotatable bonds is 27. The molecule has 0 aromatic rings. The molecule has 214 valence electrons. The number of allylic oxidation sites excluding steroid dienone is 6. The molecular formula is C33H58O4. The fraction of sp³-hybridized carbons (Fsp3) is 0.758. The lowest BCUT2D eigenvalue weighted by atomic mass is 10.0. The molecule has 0 aliphatic carbocycles. The Morgan fingerprint density at radius 3 is 1.76 bits per heavy atom. The summed E-state index contributed by atoms with van der Waals surface area (Å²) in [6, 6.07) is 0. The lowest BCUT2D eigenvalue weighted by molar-refractivity contribution is -0.150. The highest BCUT2D eigenvalue weighted by Crippen LogP contribution is 2.17. The summed E-state index contributed by atoms with van der Waals surface area (Å²) in [5.41, 5.74) is 0. The number of carbonyl (C=O) groups is 2. The van der Waals surface area contributed by atoms with E-state index in [1.54, 1.807) is 0 Å². The maximum absolute atomic E-state index is 12.4. The molecule has 0 amide bonds. The number of hydrogen-bond donors (Lipinski definition) is 1. The van der Waals surface area contributed by atoms with Gasteiger partial charge in [-0.25, -0.2) is 0 Å². The van der Waals surface area contributed by atoms with Crippen LogP contribution in [-0.4, -0.2) is 23.1 Å². The highest BCUT2D eigenvalue weighted by molar-refractivity contribution is 5.69. The Hall–Kier alpha value is -1.84. The molecule has 1 atom stereocenters. The Labute approximate surface area is 229 Å². The van der Waals surface area contributed by atoms with E-state index in [4.69, 9.17) is 9.84 Å². The number of ether oxygens (including phenoxy) is 1. The van der Waals surface area contributed by atoms with Gasteiger partial charge in [0, 0.05) is 12.8 Å². The smallest absolute Gasteiger partial charge is 0.306 e. The third-order valence-corrected chi connectivity index (χ3v) is 6.63. The zero-order valence-corrected chi connectivity index (χ0v) is 24.3. The van der Waals surface area contributed by atoms with Gasteiger partial charge >= 0.3 is 11.9 Å². The Bertz CT molecular complexity index is 605. The Morgan fingerprint density at radius 2 is 1.14 bits per heavy atom. The molecule has 0 spiro atoms. The quantitative estimate of drug-likeness (QED) is 0.0667. The van der Waals surface area contributed by atoms with Crippen LogP contribution in [0.5, 0.6) is 0 Å². The topological polar surface area (TPSA) is 63.6 Å². The monoisotopic (exact) mass is 518 g/mol. The van der Waals surface area contributed by atoms with Crippen molar-refractivity contribution in [1.82, 2.24) is 0 Å². The molecule has 37 heavy (non-hydrogen) atoms. The van der Waals surface area contributed by atoms with Gasteiger partial charge in [0.2, 0.25) is 0 Å². The Kier molecular flexibility index (Phi) is 27.3. The van der Waals surface area contributed by atoms with E-state index in [2.05, 4.69) is 50.3 Å². The fourth-order valence-corrected chi connectivity index (χ4v) is 4.37. The molecule has 1 unspecified atom stereocenters. The lowest BCUT2D eigenvalue weighted by Crippen LogP contribution is -2.18. The molecule has 4 nitrogen and oxygen atoms in total. The normalized spacial score (nSPS) is 12.7. The van der Waals surface area contributed by atoms with Crippen LogP contribution >= 0.6 is 0 Å². The van der Waals surface area contributed by atoms with E-state index < -0.39 is 5.97 Å². The summed E-state index contributed by atoms with van der Waals surface area (Å²) in [6.07, 6.45) is 36.0. The Balaban J connectivity index is 3.78.